The lowest BCUT2D eigenvalue weighted by molar-refractivity contribution is -0.138. The molecule has 2 N–H and O–H groups in total. The third-order valence-electron chi connectivity index (χ3n) is 2.31. The number of benzene rings is 1. The molecule has 1 aromatic rings. The minimum absolute atomic E-state index is 0.104. The Kier molecular flexibility index (Phi) is 4.46. The molecule has 90 valence electrons. The first kappa shape index (κ1) is 13.0. The molecule has 0 amide bonds. The largest absolute Gasteiger partial charge is 0.480 e. The summed E-state index contributed by atoms with van der Waals surface area (Å²) in [5.74, 6) is -1.51. The van der Waals surface area contributed by atoms with Crippen molar-refractivity contribution in [1.82, 2.24) is 0 Å². The van der Waals surface area contributed by atoms with Gasteiger partial charge in [0.05, 0.1) is 11.3 Å². The van der Waals surface area contributed by atoms with E-state index in [1.807, 2.05) is 13.0 Å². The SMILES string of the molecule is CCCC(Nc1ccc(F)cc1C#N)C(=O)O. The average Bonchev–Trinajstić information content (AvgIpc) is 2.30. The van der Waals surface area contributed by atoms with Crippen molar-refractivity contribution in [1.29, 1.82) is 5.26 Å². The molecule has 1 aromatic carbocycles. The van der Waals surface area contributed by atoms with Crippen molar-refractivity contribution >= 4 is 11.7 Å². The standard InChI is InChI=1S/C12H13FN2O2/c1-2-3-11(12(16)17)15-10-5-4-9(13)6-8(10)7-14/h4-6,11,15H,2-3H2,1H3,(H,16,17). The van der Waals surface area contributed by atoms with Crippen LogP contribution in [0.5, 0.6) is 0 Å². The van der Waals surface area contributed by atoms with E-state index in [2.05, 4.69) is 5.32 Å². The number of nitrogens with zero attached hydrogens (tertiary/aromatic N) is 1. The number of hydrogen-bond donors (Lipinski definition) is 2. The maximum Gasteiger partial charge on any atom is 0.326 e. The van der Waals surface area contributed by atoms with Crippen molar-refractivity contribution in [2.75, 3.05) is 5.32 Å². The van der Waals surface area contributed by atoms with Gasteiger partial charge in [-0.2, -0.15) is 5.26 Å². The summed E-state index contributed by atoms with van der Waals surface area (Å²) in [6, 6.07) is 4.70. The number of aliphatic carboxylic acids is 1. The molecule has 0 aromatic heterocycles. The van der Waals surface area contributed by atoms with Gasteiger partial charge in [-0.05, 0) is 24.6 Å². The zero-order chi connectivity index (χ0) is 12.8. The van der Waals surface area contributed by atoms with Gasteiger partial charge >= 0.3 is 5.97 Å². The van der Waals surface area contributed by atoms with E-state index in [-0.39, 0.29) is 5.56 Å². The predicted molar refractivity (Wildman–Crippen MR) is 61.1 cm³/mol. The average molecular weight is 236 g/mol. The third kappa shape index (κ3) is 3.45. The van der Waals surface area contributed by atoms with Crippen LogP contribution >= 0.6 is 0 Å². The zero-order valence-corrected chi connectivity index (χ0v) is 9.40. The van der Waals surface area contributed by atoms with E-state index in [9.17, 15) is 9.18 Å². The maximum absolute atomic E-state index is 12.9. The minimum Gasteiger partial charge on any atom is -0.480 e. The molecule has 0 bridgehead atoms. The Bertz CT molecular complexity index is 454. The van der Waals surface area contributed by atoms with E-state index in [1.165, 1.54) is 12.1 Å². The van der Waals surface area contributed by atoms with Crippen LogP contribution in [0.1, 0.15) is 25.3 Å². The van der Waals surface area contributed by atoms with E-state index in [0.29, 0.717) is 18.5 Å². The van der Waals surface area contributed by atoms with Crippen LogP contribution in [0.3, 0.4) is 0 Å². The van der Waals surface area contributed by atoms with Crippen molar-refractivity contribution in [3.8, 4) is 6.07 Å². The normalized spacial score (nSPS) is 11.6. The summed E-state index contributed by atoms with van der Waals surface area (Å²) >= 11 is 0. The number of halogens is 1. The summed E-state index contributed by atoms with van der Waals surface area (Å²) in [6.45, 7) is 1.87. The summed E-state index contributed by atoms with van der Waals surface area (Å²) in [7, 11) is 0. The van der Waals surface area contributed by atoms with E-state index < -0.39 is 17.8 Å². The Morgan fingerprint density at radius 2 is 2.35 bits per heavy atom. The highest BCUT2D eigenvalue weighted by molar-refractivity contribution is 5.78. The second-order valence-electron chi connectivity index (χ2n) is 3.63. The fourth-order valence-corrected chi connectivity index (χ4v) is 1.47. The number of nitrogens with one attached hydrogen (secondary N) is 1. The lowest BCUT2D eigenvalue weighted by Gasteiger charge is -2.15. The van der Waals surface area contributed by atoms with Crippen molar-refractivity contribution in [2.45, 2.75) is 25.8 Å². The summed E-state index contributed by atoms with van der Waals surface area (Å²) < 4.78 is 12.9. The highest BCUT2D eigenvalue weighted by atomic mass is 19.1. The Morgan fingerprint density at radius 3 is 2.88 bits per heavy atom. The molecule has 4 nitrogen and oxygen atoms in total. The highest BCUT2D eigenvalue weighted by Crippen LogP contribution is 2.18. The molecule has 0 aliphatic heterocycles. The van der Waals surface area contributed by atoms with Crippen LogP contribution in [-0.4, -0.2) is 17.1 Å². The van der Waals surface area contributed by atoms with Gasteiger partial charge in [-0.15, -0.1) is 0 Å². The summed E-state index contributed by atoms with van der Waals surface area (Å²) in [6.07, 6.45) is 1.14. The highest BCUT2D eigenvalue weighted by Gasteiger charge is 2.17. The van der Waals surface area contributed by atoms with Gasteiger partial charge in [-0.1, -0.05) is 13.3 Å². The number of nitriles is 1. The fraction of sp³-hybridized carbons (Fsp3) is 0.333. The van der Waals surface area contributed by atoms with Crippen LogP contribution in [0.4, 0.5) is 10.1 Å². The number of anilines is 1. The number of carboxylic acids is 1. The van der Waals surface area contributed by atoms with Crippen molar-refractivity contribution in [3.63, 3.8) is 0 Å². The van der Waals surface area contributed by atoms with Gasteiger partial charge in [0.15, 0.2) is 0 Å². The maximum atomic E-state index is 12.9. The van der Waals surface area contributed by atoms with E-state index in [1.54, 1.807) is 0 Å². The molecule has 17 heavy (non-hydrogen) atoms. The lowest BCUT2D eigenvalue weighted by atomic mass is 10.1. The molecule has 0 fully saturated rings. The van der Waals surface area contributed by atoms with E-state index in [0.717, 1.165) is 6.07 Å². The molecular weight excluding hydrogens is 223 g/mol. The van der Waals surface area contributed by atoms with Crippen LogP contribution in [-0.2, 0) is 4.79 Å². The first-order chi connectivity index (χ1) is 8.08. The number of rotatable bonds is 5. The topological polar surface area (TPSA) is 73.1 Å². The van der Waals surface area contributed by atoms with Gasteiger partial charge in [-0.3, -0.25) is 0 Å². The Hall–Kier alpha value is -2.09. The molecule has 0 saturated heterocycles. The van der Waals surface area contributed by atoms with Crippen LogP contribution in [0.15, 0.2) is 18.2 Å². The Morgan fingerprint density at radius 1 is 1.65 bits per heavy atom. The van der Waals surface area contributed by atoms with Gasteiger partial charge in [0, 0.05) is 0 Å². The van der Waals surface area contributed by atoms with Crippen LogP contribution in [0.25, 0.3) is 0 Å². The molecule has 0 aliphatic carbocycles. The van der Waals surface area contributed by atoms with Crippen molar-refractivity contribution in [3.05, 3.63) is 29.6 Å². The summed E-state index contributed by atoms with van der Waals surface area (Å²) in [5, 5.41) is 20.5. The second-order valence-corrected chi connectivity index (χ2v) is 3.63. The molecule has 0 aliphatic rings. The van der Waals surface area contributed by atoms with Gasteiger partial charge in [0.2, 0.25) is 0 Å². The monoisotopic (exact) mass is 236 g/mol. The lowest BCUT2D eigenvalue weighted by Crippen LogP contribution is -2.29. The second kappa shape index (κ2) is 5.85. The molecule has 0 heterocycles. The Balaban J connectivity index is 2.93. The first-order valence-corrected chi connectivity index (χ1v) is 5.27. The molecule has 1 rings (SSSR count). The van der Waals surface area contributed by atoms with Crippen LogP contribution in [0, 0.1) is 17.1 Å². The molecule has 5 heteroatoms. The van der Waals surface area contributed by atoms with Gasteiger partial charge in [0.25, 0.3) is 0 Å². The smallest absolute Gasteiger partial charge is 0.326 e. The van der Waals surface area contributed by atoms with Gasteiger partial charge in [0.1, 0.15) is 17.9 Å². The third-order valence-corrected chi connectivity index (χ3v) is 2.31. The van der Waals surface area contributed by atoms with Crippen LogP contribution in [0.2, 0.25) is 0 Å². The molecule has 0 radical (unpaired) electrons. The molecular formula is C12H13FN2O2. The van der Waals surface area contributed by atoms with Crippen molar-refractivity contribution < 1.29 is 14.3 Å². The summed E-state index contributed by atoms with van der Waals surface area (Å²) in [4.78, 5) is 10.9. The molecule has 1 unspecified atom stereocenters. The fourth-order valence-electron chi connectivity index (χ4n) is 1.47. The van der Waals surface area contributed by atoms with Gasteiger partial charge < -0.3 is 10.4 Å². The zero-order valence-electron chi connectivity index (χ0n) is 9.40. The van der Waals surface area contributed by atoms with E-state index >= 15 is 0 Å². The molecule has 0 saturated carbocycles. The van der Waals surface area contributed by atoms with Crippen LogP contribution < -0.4 is 5.32 Å². The predicted octanol–water partition coefficient (Wildman–Crippen LogP) is 2.36. The molecule has 0 spiro atoms. The quantitative estimate of drug-likeness (QED) is 0.823. The molecule has 1 atom stereocenters. The number of hydrogen-bond acceptors (Lipinski definition) is 3. The minimum atomic E-state index is -0.986. The van der Waals surface area contributed by atoms with E-state index in [4.69, 9.17) is 10.4 Å². The first-order valence-electron chi connectivity index (χ1n) is 5.27. The van der Waals surface area contributed by atoms with Crippen molar-refractivity contribution in [2.24, 2.45) is 0 Å². The van der Waals surface area contributed by atoms with Gasteiger partial charge in [-0.25, -0.2) is 9.18 Å². The number of carbonyl (C=O) groups is 1. The summed E-state index contributed by atoms with van der Waals surface area (Å²) in [5.41, 5.74) is 0.446. The Labute approximate surface area is 98.7 Å². The number of carboxylic acid groups (broad SMARTS) is 1.